The third kappa shape index (κ3) is 4.29. The van der Waals surface area contributed by atoms with Crippen LogP contribution >= 0.6 is 11.3 Å². The summed E-state index contributed by atoms with van der Waals surface area (Å²) in [7, 11) is 0. The number of terminal acetylenes is 1. The van der Waals surface area contributed by atoms with Gasteiger partial charge in [-0.2, -0.15) is 0 Å². The minimum absolute atomic E-state index is 0.182. The van der Waals surface area contributed by atoms with Crippen LogP contribution in [-0.2, 0) is 38.0 Å². The zero-order valence-electron chi connectivity index (χ0n) is 16.6. The van der Waals surface area contributed by atoms with Gasteiger partial charge in [0.25, 0.3) is 0 Å². The summed E-state index contributed by atoms with van der Waals surface area (Å²) in [4.78, 5) is 28.2. The number of fused-ring (bicyclic) bond motifs is 1. The first-order chi connectivity index (χ1) is 13.7. The summed E-state index contributed by atoms with van der Waals surface area (Å²) in [6, 6.07) is 0. The highest BCUT2D eigenvalue weighted by Crippen LogP contribution is 2.45. The highest BCUT2D eigenvalue weighted by molar-refractivity contribution is 7.07. The second-order valence-corrected chi connectivity index (χ2v) is 7.68. The van der Waals surface area contributed by atoms with Crippen LogP contribution in [0.3, 0.4) is 0 Å². The molecule has 5 atom stereocenters. The highest BCUT2D eigenvalue weighted by Gasteiger charge is 2.65. The largest absolute Gasteiger partial charge is 0.464 e. The van der Waals surface area contributed by atoms with Gasteiger partial charge in [0.2, 0.25) is 5.60 Å². The zero-order valence-corrected chi connectivity index (χ0v) is 17.4. The number of hydrogen-bond donors (Lipinski definition) is 0. The van der Waals surface area contributed by atoms with E-state index in [0.717, 1.165) is 0 Å². The molecular weight excluding hydrogens is 402 g/mol. The molecule has 3 rings (SSSR count). The lowest BCUT2D eigenvalue weighted by Gasteiger charge is -2.33. The first-order valence-electron chi connectivity index (χ1n) is 9.07. The molecule has 2 aliphatic rings. The molecule has 10 heteroatoms. The summed E-state index contributed by atoms with van der Waals surface area (Å²) in [6.07, 6.45) is 2.06. The van der Waals surface area contributed by atoms with Gasteiger partial charge in [0.1, 0.15) is 6.10 Å². The average Bonchev–Trinajstić information content (AvgIpc) is 3.32. The first kappa shape index (κ1) is 21.7. The number of ether oxygens (including phenoxy) is 6. The summed E-state index contributed by atoms with van der Waals surface area (Å²) in [5.41, 5.74) is 0.403. The monoisotopic (exact) mass is 425 g/mol. The van der Waals surface area contributed by atoms with Gasteiger partial charge in [-0.3, -0.25) is 4.79 Å². The number of aromatic nitrogens is 1. The molecule has 2 fully saturated rings. The molecule has 0 spiro atoms. The van der Waals surface area contributed by atoms with Crippen LogP contribution in [0.25, 0.3) is 0 Å². The molecule has 2 aliphatic heterocycles. The van der Waals surface area contributed by atoms with E-state index in [4.69, 9.17) is 34.8 Å². The molecule has 29 heavy (non-hydrogen) atoms. The van der Waals surface area contributed by atoms with Gasteiger partial charge in [0, 0.05) is 12.3 Å². The van der Waals surface area contributed by atoms with Crippen molar-refractivity contribution in [2.45, 2.75) is 63.7 Å². The predicted molar refractivity (Wildman–Crippen MR) is 99.5 cm³/mol. The maximum absolute atomic E-state index is 12.3. The Morgan fingerprint density at radius 3 is 2.76 bits per heavy atom. The minimum Gasteiger partial charge on any atom is -0.464 e. The molecule has 1 aromatic rings. The van der Waals surface area contributed by atoms with Crippen LogP contribution in [0.5, 0.6) is 0 Å². The summed E-state index contributed by atoms with van der Waals surface area (Å²) in [5.74, 6) is 0.339. The van der Waals surface area contributed by atoms with Crippen LogP contribution in [0.2, 0.25) is 0 Å². The van der Waals surface area contributed by atoms with Crippen LogP contribution in [0.4, 0.5) is 0 Å². The van der Waals surface area contributed by atoms with Crippen molar-refractivity contribution in [3.8, 4) is 12.3 Å². The molecule has 0 bridgehead atoms. The van der Waals surface area contributed by atoms with Crippen LogP contribution in [0.15, 0.2) is 10.9 Å². The van der Waals surface area contributed by atoms with Crippen molar-refractivity contribution < 1.29 is 38.0 Å². The second kappa shape index (κ2) is 8.38. The minimum atomic E-state index is -1.58. The van der Waals surface area contributed by atoms with E-state index in [1.807, 2.05) is 0 Å². The molecule has 158 valence electrons. The van der Waals surface area contributed by atoms with E-state index in [2.05, 4.69) is 10.9 Å². The molecule has 1 aromatic heterocycles. The normalized spacial score (nSPS) is 30.9. The zero-order chi connectivity index (χ0) is 21.2. The lowest BCUT2D eigenvalue weighted by atomic mass is 9.93. The number of thiazole rings is 1. The fourth-order valence-electron chi connectivity index (χ4n) is 3.32. The molecule has 9 nitrogen and oxygen atoms in total. The maximum atomic E-state index is 12.3. The van der Waals surface area contributed by atoms with Crippen LogP contribution < -0.4 is 0 Å². The van der Waals surface area contributed by atoms with Gasteiger partial charge in [-0.1, -0.05) is 5.92 Å². The van der Waals surface area contributed by atoms with Crippen LogP contribution in [-0.4, -0.2) is 60.0 Å². The molecule has 0 aliphatic carbocycles. The lowest BCUT2D eigenvalue weighted by molar-refractivity contribution is -0.234. The molecular formula is C19H23NO8S. The standard InChI is InChI=1S/C19H23NO8S/c1-6-19(26-11(3)21)13(25-17-15(19)27-18(4,5)28-17)8-24-14(16(22)23-7-2)12-9-29-10-20-12/h1,9-10,13-15,17H,7-8H2,2-5H3/t13-,14?,15+,17-,19-/m1/s1. The number of rotatable bonds is 7. The molecule has 0 radical (unpaired) electrons. The van der Waals surface area contributed by atoms with E-state index >= 15 is 0 Å². The molecule has 0 amide bonds. The van der Waals surface area contributed by atoms with Crippen LogP contribution in [0.1, 0.15) is 39.5 Å². The fraction of sp³-hybridized carbons (Fsp3) is 0.632. The Morgan fingerprint density at radius 1 is 1.41 bits per heavy atom. The van der Waals surface area contributed by atoms with E-state index in [1.165, 1.54) is 18.3 Å². The topological polar surface area (TPSA) is 102 Å². The molecule has 3 heterocycles. The van der Waals surface area contributed by atoms with Gasteiger partial charge in [-0.15, -0.1) is 17.8 Å². The molecule has 0 N–H and O–H groups in total. The Kier molecular flexibility index (Phi) is 6.26. The molecule has 1 unspecified atom stereocenters. The van der Waals surface area contributed by atoms with Gasteiger partial charge in [0.05, 0.1) is 24.4 Å². The van der Waals surface area contributed by atoms with Gasteiger partial charge in [0.15, 0.2) is 24.3 Å². The second-order valence-electron chi connectivity index (χ2n) is 6.96. The maximum Gasteiger partial charge on any atom is 0.341 e. The van der Waals surface area contributed by atoms with Crippen LogP contribution in [0, 0.1) is 12.3 Å². The third-order valence-corrected chi connectivity index (χ3v) is 5.04. The first-order valence-corrected chi connectivity index (χ1v) is 10.0. The number of carbonyl (C=O) groups excluding carboxylic acids is 2. The molecule has 2 saturated heterocycles. The number of nitrogens with zero attached hydrogens (tertiary/aromatic N) is 1. The summed E-state index contributed by atoms with van der Waals surface area (Å²) < 4.78 is 33.8. The van der Waals surface area contributed by atoms with Crippen molar-refractivity contribution in [1.82, 2.24) is 4.98 Å². The van der Waals surface area contributed by atoms with Crippen molar-refractivity contribution in [2.75, 3.05) is 13.2 Å². The third-order valence-electron chi connectivity index (χ3n) is 4.43. The van der Waals surface area contributed by atoms with Crippen molar-refractivity contribution in [1.29, 1.82) is 0 Å². The van der Waals surface area contributed by atoms with E-state index in [1.54, 1.807) is 31.7 Å². The summed E-state index contributed by atoms with van der Waals surface area (Å²) in [6.45, 7) is 6.34. The summed E-state index contributed by atoms with van der Waals surface area (Å²) >= 11 is 1.32. The highest BCUT2D eigenvalue weighted by atomic mass is 32.1. The molecule has 0 aromatic carbocycles. The Bertz CT molecular complexity index is 789. The fourth-order valence-corrected chi connectivity index (χ4v) is 3.89. The van der Waals surface area contributed by atoms with E-state index in [0.29, 0.717) is 5.69 Å². The van der Waals surface area contributed by atoms with E-state index in [9.17, 15) is 9.59 Å². The Morgan fingerprint density at radius 2 is 2.17 bits per heavy atom. The predicted octanol–water partition coefficient (Wildman–Crippen LogP) is 1.58. The Labute approximate surface area is 172 Å². The lowest BCUT2D eigenvalue weighted by Crippen LogP contribution is -2.52. The van der Waals surface area contributed by atoms with E-state index in [-0.39, 0.29) is 13.2 Å². The summed E-state index contributed by atoms with van der Waals surface area (Å²) in [5, 5.41) is 1.68. The average molecular weight is 425 g/mol. The number of carbonyl (C=O) groups is 2. The van der Waals surface area contributed by atoms with Crippen molar-refractivity contribution in [2.24, 2.45) is 0 Å². The van der Waals surface area contributed by atoms with Crippen molar-refractivity contribution in [3.63, 3.8) is 0 Å². The number of hydrogen-bond acceptors (Lipinski definition) is 10. The molecule has 0 saturated carbocycles. The quantitative estimate of drug-likeness (QED) is 0.476. The van der Waals surface area contributed by atoms with Crippen molar-refractivity contribution >= 4 is 23.3 Å². The van der Waals surface area contributed by atoms with Gasteiger partial charge < -0.3 is 28.4 Å². The van der Waals surface area contributed by atoms with Crippen molar-refractivity contribution in [3.05, 3.63) is 16.6 Å². The number of esters is 2. The van der Waals surface area contributed by atoms with E-state index < -0.39 is 47.9 Å². The van der Waals surface area contributed by atoms with Gasteiger partial charge in [-0.05, 0) is 20.8 Å². The van der Waals surface area contributed by atoms with Gasteiger partial charge >= 0.3 is 11.9 Å². The Balaban J connectivity index is 1.82. The van der Waals surface area contributed by atoms with Gasteiger partial charge in [-0.25, -0.2) is 9.78 Å². The smallest absolute Gasteiger partial charge is 0.341 e. The Hall–Kier alpha value is -2.03. The SMILES string of the molecule is C#C[C@@]1(OC(C)=O)[C@@H](COC(C(=O)OCC)c2cscn2)O[C@@H]2OC(C)(C)O[C@@H]21.